The van der Waals surface area contributed by atoms with Gasteiger partial charge in [0, 0.05) is 6.42 Å². The Labute approximate surface area is 114 Å². The first-order valence-corrected chi connectivity index (χ1v) is 6.45. The van der Waals surface area contributed by atoms with Gasteiger partial charge in [0.05, 0.1) is 18.5 Å². The topological polar surface area (TPSA) is 49.7 Å². The summed E-state index contributed by atoms with van der Waals surface area (Å²) in [5.74, 6) is 0.773. The third-order valence-corrected chi connectivity index (χ3v) is 2.78. The molecule has 0 aliphatic rings. The molecule has 0 bridgehead atoms. The number of aliphatic hydroxyl groups is 2. The summed E-state index contributed by atoms with van der Waals surface area (Å²) in [7, 11) is 0. The highest BCUT2D eigenvalue weighted by Crippen LogP contribution is 2.16. The smallest absolute Gasteiger partial charge is 0.113 e. The van der Waals surface area contributed by atoms with E-state index in [1.54, 1.807) is 0 Å². The van der Waals surface area contributed by atoms with E-state index in [2.05, 4.69) is 0 Å². The molecule has 0 fully saturated rings. The van der Waals surface area contributed by atoms with Crippen molar-refractivity contribution in [2.75, 3.05) is 6.61 Å². The number of rotatable bonds is 7. The molecule has 0 radical (unpaired) electrons. The Morgan fingerprint density at radius 3 is 2.58 bits per heavy atom. The second kappa shape index (κ2) is 8.51. The van der Waals surface area contributed by atoms with Crippen LogP contribution in [0.1, 0.15) is 25.8 Å². The molecule has 1 aromatic carbocycles. The minimum absolute atomic E-state index is 0.243. The SMILES string of the molecule is C/C=C\C(CC(O)CO)=C(/C)OCc1ccccc1. The van der Waals surface area contributed by atoms with Crippen LogP contribution in [-0.2, 0) is 11.3 Å². The highest BCUT2D eigenvalue weighted by molar-refractivity contribution is 5.22. The molecule has 1 unspecified atom stereocenters. The van der Waals surface area contributed by atoms with Crippen LogP contribution in [0.3, 0.4) is 0 Å². The van der Waals surface area contributed by atoms with Gasteiger partial charge in [0.1, 0.15) is 6.61 Å². The van der Waals surface area contributed by atoms with Crippen molar-refractivity contribution in [3.8, 4) is 0 Å². The van der Waals surface area contributed by atoms with Gasteiger partial charge in [0.25, 0.3) is 0 Å². The quantitative estimate of drug-likeness (QED) is 0.587. The monoisotopic (exact) mass is 262 g/mol. The fourth-order valence-electron chi connectivity index (χ4n) is 1.71. The van der Waals surface area contributed by atoms with E-state index < -0.39 is 6.10 Å². The minimum Gasteiger partial charge on any atom is -0.493 e. The summed E-state index contributed by atoms with van der Waals surface area (Å²) in [4.78, 5) is 0. The maximum atomic E-state index is 9.52. The maximum absolute atomic E-state index is 9.52. The van der Waals surface area contributed by atoms with Crippen LogP contribution < -0.4 is 0 Å². The van der Waals surface area contributed by atoms with Gasteiger partial charge in [-0.3, -0.25) is 0 Å². The minimum atomic E-state index is -0.749. The third kappa shape index (κ3) is 5.73. The summed E-state index contributed by atoms with van der Waals surface area (Å²) >= 11 is 0. The molecule has 0 saturated heterocycles. The lowest BCUT2D eigenvalue weighted by atomic mass is 10.1. The number of aliphatic hydroxyl groups excluding tert-OH is 2. The summed E-state index contributed by atoms with van der Waals surface area (Å²) in [6.07, 6.45) is 3.44. The number of hydrogen-bond acceptors (Lipinski definition) is 3. The van der Waals surface area contributed by atoms with Crippen LogP contribution in [0.25, 0.3) is 0 Å². The summed E-state index contributed by atoms with van der Waals surface area (Å²) in [6, 6.07) is 9.92. The molecule has 0 aliphatic heterocycles. The van der Waals surface area contributed by atoms with Crippen molar-refractivity contribution in [2.45, 2.75) is 33.0 Å². The van der Waals surface area contributed by atoms with E-state index >= 15 is 0 Å². The molecule has 0 heterocycles. The number of allylic oxidation sites excluding steroid dienone is 3. The first-order chi connectivity index (χ1) is 9.17. The van der Waals surface area contributed by atoms with Crippen molar-refractivity contribution >= 4 is 0 Å². The van der Waals surface area contributed by atoms with Gasteiger partial charge in [0.15, 0.2) is 0 Å². The van der Waals surface area contributed by atoms with Crippen LogP contribution in [-0.4, -0.2) is 22.9 Å². The normalized spacial score (nSPS) is 14.3. The lowest BCUT2D eigenvalue weighted by Crippen LogP contribution is -2.13. The van der Waals surface area contributed by atoms with Crippen molar-refractivity contribution in [3.63, 3.8) is 0 Å². The van der Waals surface area contributed by atoms with Gasteiger partial charge in [-0.2, -0.15) is 0 Å². The molecule has 19 heavy (non-hydrogen) atoms. The number of benzene rings is 1. The highest BCUT2D eigenvalue weighted by Gasteiger charge is 2.08. The van der Waals surface area contributed by atoms with E-state index in [1.807, 2.05) is 56.3 Å². The first kappa shape index (κ1) is 15.5. The Hall–Kier alpha value is -1.58. The lowest BCUT2D eigenvalue weighted by molar-refractivity contribution is 0.0940. The predicted molar refractivity (Wildman–Crippen MR) is 76.5 cm³/mol. The highest BCUT2D eigenvalue weighted by atomic mass is 16.5. The average Bonchev–Trinajstić information content (AvgIpc) is 2.45. The van der Waals surface area contributed by atoms with Gasteiger partial charge in [-0.05, 0) is 25.0 Å². The summed E-state index contributed by atoms with van der Waals surface area (Å²) in [6.45, 7) is 4.05. The van der Waals surface area contributed by atoms with Crippen molar-refractivity contribution < 1.29 is 14.9 Å². The molecule has 1 aromatic rings. The van der Waals surface area contributed by atoms with Gasteiger partial charge >= 0.3 is 0 Å². The van der Waals surface area contributed by atoms with Gasteiger partial charge in [-0.15, -0.1) is 0 Å². The summed E-state index contributed by atoms with van der Waals surface area (Å²) < 4.78 is 5.72. The number of ether oxygens (including phenoxy) is 1. The van der Waals surface area contributed by atoms with Crippen molar-refractivity contribution in [2.24, 2.45) is 0 Å². The molecular weight excluding hydrogens is 240 g/mol. The summed E-state index contributed by atoms with van der Waals surface area (Å²) in [5.41, 5.74) is 2.00. The van der Waals surface area contributed by atoms with E-state index in [1.165, 1.54) is 0 Å². The van der Waals surface area contributed by atoms with E-state index in [0.29, 0.717) is 13.0 Å². The Kier molecular flexibility index (Phi) is 6.93. The number of hydrogen-bond donors (Lipinski definition) is 2. The zero-order chi connectivity index (χ0) is 14.1. The third-order valence-electron chi connectivity index (χ3n) is 2.78. The molecule has 1 rings (SSSR count). The Morgan fingerprint density at radius 1 is 1.32 bits per heavy atom. The molecule has 2 N–H and O–H groups in total. The standard InChI is InChI=1S/C16H22O3/c1-3-7-15(10-16(18)11-17)13(2)19-12-14-8-5-4-6-9-14/h3-9,16-18H,10-12H2,1-2H3/b7-3-,15-13-. The van der Waals surface area contributed by atoms with Gasteiger partial charge in [-0.1, -0.05) is 42.5 Å². The summed E-state index contributed by atoms with van der Waals surface area (Å²) in [5, 5.41) is 18.4. The van der Waals surface area contributed by atoms with Crippen LogP contribution in [0, 0.1) is 0 Å². The molecular formula is C16H22O3. The molecule has 3 heteroatoms. The van der Waals surface area contributed by atoms with E-state index in [9.17, 15) is 5.11 Å². The largest absolute Gasteiger partial charge is 0.493 e. The average molecular weight is 262 g/mol. The van der Waals surface area contributed by atoms with Crippen LogP contribution >= 0.6 is 0 Å². The molecule has 3 nitrogen and oxygen atoms in total. The van der Waals surface area contributed by atoms with Crippen LogP contribution in [0.15, 0.2) is 53.8 Å². The molecule has 1 atom stereocenters. The van der Waals surface area contributed by atoms with Crippen LogP contribution in [0.5, 0.6) is 0 Å². The molecule has 0 aromatic heterocycles. The fraction of sp³-hybridized carbons (Fsp3) is 0.375. The zero-order valence-electron chi connectivity index (χ0n) is 11.5. The van der Waals surface area contributed by atoms with Crippen molar-refractivity contribution in [1.29, 1.82) is 0 Å². The van der Waals surface area contributed by atoms with Crippen LogP contribution in [0.4, 0.5) is 0 Å². The Morgan fingerprint density at radius 2 is 2.00 bits per heavy atom. The second-order valence-corrected chi connectivity index (χ2v) is 4.40. The van der Waals surface area contributed by atoms with Crippen LogP contribution in [0.2, 0.25) is 0 Å². The fourth-order valence-corrected chi connectivity index (χ4v) is 1.71. The second-order valence-electron chi connectivity index (χ2n) is 4.40. The lowest BCUT2D eigenvalue weighted by Gasteiger charge is -2.13. The van der Waals surface area contributed by atoms with Gasteiger partial charge in [0.2, 0.25) is 0 Å². The molecule has 104 valence electrons. The molecule has 0 amide bonds. The Bertz CT molecular complexity index is 421. The zero-order valence-corrected chi connectivity index (χ0v) is 11.5. The van der Waals surface area contributed by atoms with E-state index in [4.69, 9.17) is 9.84 Å². The van der Waals surface area contributed by atoms with Crippen molar-refractivity contribution in [3.05, 3.63) is 59.4 Å². The first-order valence-electron chi connectivity index (χ1n) is 6.45. The maximum Gasteiger partial charge on any atom is 0.113 e. The van der Waals surface area contributed by atoms with E-state index in [-0.39, 0.29) is 6.61 Å². The van der Waals surface area contributed by atoms with Gasteiger partial charge in [-0.25, -0.2) is 0 Å². The Balaban J connectivity index is 2.68. The van der Waals surface area contributed by atoms with Gasteiger partial charge < -0.3 is 14.9 Å². The predicted octanol–water partition coefficient (Wildman–Crippen LogP) is 2.80. The molecule has 0 saturated carbocycles. The molecule has 0 aliphatic carbocycles. The molecule has 0 spiro atoms. The van der Waals surface area contributed by atoms with Crippen molar-refractivity contribution in [1.82, 2.24) is 0 Å². The van der Waals surface area contributed by atoms with E-state index in [0.717, 1.165) is 16.9 Å².